The van der Waals surface area contributed by atoms with Gasteiger partial charge >= 0.3 is 0 Å². The van der Waals surface area contributed by atoms with Crippen LogP contribution in [0.1, 0.15) is 250 Å². The summed E-state index contributed by atoms with van der Waals surface area (Å²) in [6, 6.07) is 63.4. The monoisotopic (exact) mass is 1520 g/mol. The van der Waals surface area contributed by atoms with Gasteiger partial charge in [-0.1, -0.05) is 237 Å². The molecule has 0 fully saturated rings. The molecule has 16 rings (SSSR count). The van der Waals surface area contributed by atoms with Crippen LogP contribution in [0.2, 0.25) is 0 Å². The van der Waals surface area contributed by atoms with E-state index in [0.717, 1.165) is 81.6 Å². The quantitative estimate of drug-likeness (QED) is 0.0302. The summed E-state index contributed by atoms with van der Waals surface area (Å²) in [6.07, 6.45) is 26.9. The maximum absolute atomic E-state index is 14.8. The van der Waals surface area contributed by atoms with E-state index >= 15 is 0 Å². The van der Waals surface area contributed by atoms with Crippen LogP contribution in [-0.2, 0) is 36.5 Å². The van der Waals surface area contributed by atoms with Crippen LogP contribution in [0.25, 0.3) is 71.0 Å². The van der Waals surface area contributed by atoms with Gasteiger partial charge < -0.3 is 0 Å². The Balaban J connectivity index is 0.970. The average Bonchev–Trinajstić information content (AvgIpc) is 1.48. The SMILES string of the molecule is CCCCCCc1ccc(C2(c3ccc(CCCCCC)cc3)c3c(sc4cc(/C=C5\C(=O)c6cc(C)ccc6C5=C(C#N)C#N)sc34)-c3sc4c5c(sc4c32)-c2sc3cc(/C=C4\C(=O)c6cc(C)ccc6C4=C(C#N)C#N)sc3c2C5(c2ccc(CCCCCC)cc2)c2ccc(CCCCCC)cc2)cc1. The van der Waals surface area contributed by atoms with Gasteiger partial charge in [-0.25, -0.2) is 0 Å². The zero-order chi connectivity index (χ0) is 74.5. The topological polar surface area (TPSA) is 129 Å². The third-order valence-corrected chi connectivity index (χ3v) is 30.6. The smallest absolute Gasteiger partial charge is 0.194 e. The molecule has 0 atom stereocenters. The largest absolute Gasteiger partial charge is 0.289 e. The maximum atomic E-state index is 14.8. The van der Waals surface area contributed by atoms with Crippen molar-refractivity contribution < 1.29 is 9.59 Å². The fraction of sp³-hybridized carbons (Fsp3) is 0.292. The van der Waals surface area contributed by atoms with Gasteiger partial charge in [-0.05, 0) is 157 Å². The molecule has 0 amide bonds. The van der Waals surface area contributed by atoms with Gasteiger partial charge in [0.05, 0.1) is 49.1 Å². The minimum absolute atomic E-state index is 0.0708. The van der Waals surface area contributed by atoms with Crippen molar-refractivity contribution in [2.24, 2.45) is 0 Å². The number of allylic oxidation sites excluding steroid dienone is 6. The molecule has 0 spiro atoms. The van der Waals surface area contributed by atoms with Crippen LogP contribution in [0.15, 0.2) is 168 Å². The second-order valence-electron chi connectivity index (χ2n) is 29.9. The summed E-state index contributed by atoms with van der Waals surface area (Å²) >= 11 is 11.0. The van der Waals surface area contributed by atoms with E-state index in [9.17, 15) is 30.6 Å². The van der Waals surface area contributed by atoms with Crippen LogP contribution in [0.5, 0.6) is 0 Å². The van der Waals surface area contributed by atoms with E-state index in [1.165, 1.54) is 182 Å². The highest BCUT2D eigenvalue weighted by atomic mass is 32.1. The van der Waals surface area contributed by atoms with Crippen LogP contribution in [-0.4, -0.2) is 11.6 Å². The Kier molecular flexibility index (Phi) is 20.6. The van der Waals surface area contributed by atoms with E-state index in [1.807, 2.05) is 108 Å². The Bertz CT molecular complexity index is 5410. The molecule has 0 radical (unpaired) electrons. The summed E-state index contributed by atoms with van der Waals surface area (Å²) < 4.78 is 7.18. The third kappa shape index (κ3) is 12.2. The molecule has 6 aromatic heterocycles. The highest BCUT2D eigenvalue weighted by Crippen LogP contribution is 2.72. The number of benzene rings is 6. The first-order valence-corrected chi connectivity index (χ1v) is 43.7. The Morgan fingerprint density at radius 3 is 0.935 bits per heavy atom. The first-order chi connectivity index (χ1) is 52.8. The Morgan fingerprint density at radius 2 is 0.639 bits per heavy atom. The van der Waals surface area contributed by atoms with Crippen molar-refractivity contribution in [3.63, 3.8) is 0 Å². The zero-order valence-electron chi connectivity index (χ0n) is 62.2. The van der Waals surface area contributed by atoms with Crippen LogP contribution in [0, 0.1) is 59.2 Å². The fourth-order valence-corrected chi connectivity index (χ4v) is 26.4. The number of Topliss-reactive ketones (excluding diaryl/α,β-unsaturated/α-hetero) is 2. The number of fused-ring (bicyclic) bond motifs is 15. The molecule has 12 aromatic rings. The molecule has 108 heavy (non-hydrogen) atoms. The second-order valence-corrected chi connectivity index (χ2v) is 36.2. The first-order valence-electron chi connectivity index (χ1n) is 38.8. The number of rotatable bonds is 26. The molecule has 0 bridgehead atoms. The summed E-state index contributed by atoms with van der Waals surface area (Å²) in [5.74, 6) is -0.357. The van der Waals surface area contributed by atoms with Gasteiger partial charge in [0.1, 0.15) is 35.4 Å². The van der Waals surface area contributed by atoms with Crippen molar-refractivity contribution in [1.82, 2.24) is 0 Å². The maximum Gasteiger partial charge on any atom is 0.194 e. The lowest BCUT2D eigenvalue weighted by molar-refractivity contribution is 0.103. The Hall–Kier alpha value is -9.44. The Morgan fingerprint density at radius 1 is 0.343 bits per heavy atom. The summed E-state index contributed by atoms with van der Waals surface area (Å²) in [6.45, 7) is 13.0. The van der Waals surface area contributed by atoms with E-state index in [-0.39, 0.29) is 22.7 Å². The van der Waals surface area contributed by atoms with Crippen molar-refractivity contribution in [2.75, 3.05) is 0 Å². The molecule has 0 aliphatic heterocycles. The molecule has 536 valence electrons. The third-order valence-electron chi connectivity index (χ3n) is 23.0. The lowest BCUT2D eigenvalue weighted by atomic mass is 9.67. The molecule has 4 aliphatic rings. The van der Waals surface area contributed by atoms with Crippen molar-refractivity contribution in [3.8, 4) is 43.8 Å². The number of hydrogen-bond donors (Lipinski definition) is 0. The number of aryl methyl sites for hydroxylation is 6. The minimum atomic E-state index is -0.809. The lowest BCUT2D eigenvalue weighted by Gasteiger charge is -2.34. The van der Waals surface area contributed by atoms with Crippen LogP contribution >= 0.6 is 68.0 Å². The molecule has 0 saturated carbocycles. The van der Waals surface area contributed by atoms with Crippen molar-refractivity contribution >= 4 is 131 Å². The van der Waals surface area contributed by atoms with Crippen LogP contribution in [0.4, 0.5) is 0 Å². The number of hydrogen-bond acceptors (Lipinski definition) is 12. The number of carbonyl (C=O) groups excluding carboxylic acids is 2. The number of ketones is 2. The average molecular weight is 1520 g/mol. The van der Waals surface area contributed by atoms with Crippen LogP contribution in [0.3, 0.4) is 0 Å². The van der Waals surface area contributed by atoms with Gasteiger partial charge in [-0.15, -0.1) is 68.0 Å². The van der Waals surface area contributed by atoms with Gasteiger partial charge in [0, 0.05) is 74.8 Å². The Labute approximate surface area is 658 Å². The number of nitriles is 4. The van der Waals surface area contributed by atoms with E-state index in [0.29, 0.717) is 44.5 Å². The summed E-state index contributed by atoms with van der Waals surface area (Å²) in [7, 11) is 0. The van der Waals surface area contributed by atoms with Crippen LogP contribution < -0.4 is 0 Å². The van der Waals surface area contributed by atoms with Crippen molar-refractivity contribution in [3.05, 3.63) is 278 Å². The highest BCUT2D eigenvalue weighted by Gasteiger charge is 2.56. The standard InChI is InChI=1S/C96H84N4O2S6/c1-7-11-15-19-23-59-29-37-65(38-30-59)95(66-39-31-60(32-40-66)24-20-16-12-8-2)81-87-77(51-69(103-87)49-75-79(63(53-97)54-98)71-45-27-57(5)47-73(71)85(75)101)105-89(81)91-83(95)93-94(107-91)84-92(108-93)90-82(88-78(106-90)52-70(104-88)50-76-80(64(55-99)56-100)72-46-28-58(6)48-74(72)86(76)102)96(84,67-41-33-61(34-42-67)25-21-17-13-9-3)68-43-35-62(36-44-68)26-22-18-14-10-4/h27-52H,7-26H2,1-6H3/b75-49-,76-50-. The molecule has 6 heterocycles. The number of unbranched alkanes of at least 4 members (excludes halogenated alkanes) is 12. The molecular weight excluding hydrogens is 1430 g/mol. The molecule has 0 saturated heterocycles. The first kappa shape index (κ1) is 72.7. The van der Waals surface area contributed by atoms with Gasteiger partial charge in [0.2, 0.25) is 0 Å². The second kappa shape index (κ2) is 30.5. The van der Waals surface area contributed by atoms with E-state index in [1.54, 1.807) is 22.7 Å². The van der Waals surface area contributed by atoms with E-state index < -0.39 is 10.8 Å². The normalized spacial score (nSPS) is 14.9. The summed E-state index contributed by atoms with van der Waals surface area (Å²) in [5, 5.41) is 42.0. The number of thiophene rings is 6. The van der Waals surface area contributed by atoms with Gasteiger partial charge in [0.15, 0.2) is 11.6 Å². The van der Waals surface area contributed by atoms with E-state index in [4.69, 9.17) is 0 Å². The fourth-order valence-electron chi connectivity index (χ4n) is 17.6. The van der Waals surface area contributed by atoms with Gasteiger partial charge in [-0.2, -0.15) is 21.0 Å². The molecule has 0 unspecified atom stereocenters. The molecule has 4 aliphatic carbocycles. The molecule has 12 heteroatoms. The summed E-state index contributed by atoms with van der Waals surface area (Å²) in [4.78, 5) is 36.4. The molecule has 0 N–H and O–H groups in total. The molecule has 6 aromatic carbocycles. The molecular formula is C96H84N4O2S6. The van der Waals surface area contributed by atoms with Gasteiger partial charge in [-0.3, -0.25) is 9.59 Å². The van der Waals surface area contributed by atoms with E-state index in [2.05, 4.69) is 161 Å². The van der Waals surface area contributed by atoms with Gasteiger partial charge in [0.25, 0.3) is 0 Å². The molecule has 6 nitrogen and oxygen atoms in total. The highest BCUT2D eigenvalue weighted by molar-refractivity contribution is 7.37. The number of carbonyl (C=O) groups is 2. The van der Waals surface area contributed by atoms with Crippen molar-refractivity contribution in [2.45, 2.75) is 181 Å². The minimum Gasteiger partial charge on any atom is -0.289 e. The number of nitrogens with zero attached hydrogens (tertiary/aromatic N) is 4. The predicted molar refractivity (Wildman–Crippen MR) is 455 cm³/mol. The van der Waals surface area contributed by atoms with Crippen molar-refractivity contribution in [1.29, 1.82) is 21.0 Å². The zero-order valence-corrected chi connectivity index (χ0v) is 67.1. The lowest BCUT2D eigenvalue weighted by Crippen LogP contribution is -2.29. The summed E-state index contributed by atoms with van der Waals surface area (Å²) in [5.41, 5.74) is 19.3. The predicted octanol–water partition coefficient (Wildman–Crippen LogP) is 27.5.